The number of nitrogens with two attached hydrogens (primary N) is 2. The Morgan fingerprint density at radius 1 is 0.774 bits per heavy atom. The molecule has 0 bridgehead atoms. The van der Waals surface area contributed by atoms with Crippen LogP contribution >= 0.6 is 0 Å². The summed E-state index contributed by atoms with van der Waals surface area (Å²) in [4.78, 5) is -0.950. The average Bonchev–Trinajstić information content (AvgIpc) is 2.58. The van der Waals surface area contributed by atoms with Gasteiger partial charge in [0.15, 0.2) is 9.84 Å². The van der Waals surface area contributed by atoms with Gasteiger partial charge in [0.1, 0.15) is 15.8 Å². The van der Waals surface area contributed by atoms with Crippen LogP contribution in [0.25, 0.3) is 0 Å². The largest absolute Gasteiger partial charge is 1.00 e. The van der Waals surface area contributed by atoms with E-state index in [1.54, 1.807) is 0 Å². The third kappa shape index (κ3) is 8.70. The molecule has 0 amide bonds. The van der Waals surface area contributed by atoms with Gasteiger partial charge in [0.25, 0.3) is 0 Å². The Hall–Kier alpha value is -0.590. The van der Waals surface area contributed by atoms with Gasteiger partial charge in [-0.25, -0.2) is 25.3 Å². The van der Waals surface area contributed by atoms with Crippen LogP contribution in [-0.4, -0.2) is 45.9 Å². The monoisotopic (exact) mass is 508 g/mol. The summed E-state index contributed by atoms with van der Waals surface area (Å²) in [6.07, 6.45) is 0. The van der Waals surface area contributed by atoms with Gasteiger partial charge in [-0.3, -0.25) is 0 Å². The molecule has 0 atom stereocenters. The number of hydrogen-bond acceptors (Lipinski definition) is 12. The van der Waals surface area contributed by atoms with Crippen molar-refractivity contribution in [2.24, 2.45) is 10.2 Å². The second kappa shape index (κ2) is 11.5. The van der Waals surface area contributed by atoms with Crippen LogP contribution in [0.15, 0.2) is 56.4 Å². The van der Waals surface area contributed by atoms with Crippen LogP contribution in [0.4, 0.5) is 22.7 Å². The van der Waals surface area contributed by atoms with Gasteiger partial charge in [-0.1, -0.05) is 0 Å². The first-order chi connectivity index (χ1) is 13.2. The molecule has 2 aromatic carbocycles. The molecule has 12 nitrogen and oxygen atoms in total. The van der Waals surface area contributed by atoms with Crippen LogP contribution in [0.3, 0.4) is 0 Å². The first-order valence-corrected chi connectivity index (χ1v) is 12.2. The van der Waals surface area contributed by atoms with Gasteiger partial charge in [0.05, 0.1) is 48.5 Å². The number of azo groups is 1. The van der Waals surface area contributed by atoms with Crippen LogP contribution < -0.4 is 70.6 Å². The van der Waals surface area contributed by atoms with E-state index in [1.807, 2.05) is 0 Å². The van der Waals surface area contributed by atoms with E-state index in [4.69, 9.17) is 11.5 Å². The minimum absolute atomic E-state index is 0. The molecule has 158 valence electrons. The molecule has 17 heteroatoms. The minimum Gasteiger partial charge on any atom is -0.748 e. The fraction of sp³-hybridized carbons (Fsp3) is 0.143. The van der Waals surface area contributed by atoms with E-state index in [2.05, 4.69) is 10.2 Å². The summed E-state index contributed by atoms with van der Waals surface area (Å²) in [5.41, 5.74) is 10.6. The number of nitrogen functional groups attached to an aromatic ring is 2. The molecule has 4 N–H and O–H groups in total. The third-order valence-electron chi connectivity index (χ3n) is 3.54. The van der Waals surface area contributed by atoms with Crippen molar-refractivity contribution in [1.82, 2.24) is 0 Å². The summed E-state index contributed by atoms with van der Waals surface area (Å²) in [5, 5.41) is 7.47. The van der Waals surface area contributed by atoms with Crippen molar-refractivity contribution < 1.29 is 93.5 Å². The standard InChI is InChI=1S/C14H16N4O8S3.2Na/c15-11-5-6-12(29(24,25)26)13(16)14(11)18-17-9-1-3-10(4-2-9)27(19,20)7-8-28(21,22)23;;/h1-6H,7-8,15-16H2,(H,21,22,23)(H,24,25,26);;/q;2*+1/p-2. The molecule has 0 unspecified atom stereocenters. The normalized spacial score (nSPS) is 12.2. The van der Waals surface area contributed by atoms with Crippen LogP contribution in [0.5, 0.6) is 0 Å². The van der Waals surface area contributed by atoms with Crippen molar-refractivity contribution in [3.05, 3.63) is 36.4 Å². The Bertz CT molecular complexity index is 1280. The van der Waals surface area contributed by atoms with E-state index in [1.165, 1.54) is 12.1 Å². The summed E-state index contributed by atoms with van der Waals surface area (Å²) in [6.45, 7) is 0. The van der Waals surface area contributed by atoms with Crippen LogP contribution in [0.1, 0.15) is 0 Å². The molecule has 0 aliphatic carbocycles. The number of nitrogens with zero attached hydrogens (tertiary/aromatic N) is 2. The second-order valence-electron chi connectivity index (χ2n) is 5.64. The molecule has 0 aliphatic rings. The molecule has 0 saturated heterocycles. The number of hydrogen-bond donors (Lipinski definition) is 2. The summed E-state index contributed by atoms with van der Waals surface area (Å²) in [7, 11) is -13.5. The zero-order chi connectivity index (χ0) is 22.0. The van der Waals surface area contributed by atoms with Crippen molar-refractivity contribution in [3.8, 4) is 0 Å². The topological polar surface area (TPSA) is 225 Å². The zero-order valence-electron chi connectivity index (χ0n) is 16.4. The fourth-order valence-electron chi connectivity index (χ4n) is 2.09. The van der Waals surface area contributed by atoms with Gasteiger partial charge >= 0.3 is 59.1 Å². The van der Waals surface area contributed by atoms with Gasteiger partial charge in [-0.15, -0.1) is 5.11 Å². The van der Waals surface area contributed by atoms with Crippen molar-refractivity contribution in [3.63, 3.8) is 0 Å². The number of anilines is 2. The average molecular weight is 508 g/mol. The second-order valence-corrected chi connectivity index (χ2v) is 10.6. The molecule has 2 rings (SSSR count). The van der Waals surface area contributed by atoms with E-state index in [0.29, 0.717) is 0 Å². The fourth-order valence-corrected chi connectivity index (χ4v) is 5.17. The van der Waals surface area contributed by atoms with Gasteiger partial charge in [0.2, 0.25) is 0 Å². The Kier molecular flexibility index (Phi) is 11.3. The molecule has 0 aliphatic heterocycles. The predicted octanol–water partition coefficient (Wildman–Crippen LogP) is -5.50. The number of benzene rings is 2. The Labute approximate surface area is 223 Å². The maximum Gasteiger partial charge on any atom is 1.00 e. The minimum atomic E-state index is -4.86. The van der Waals surface area contributed by atoms with Gasteiger partial charge in [-0.2, -0.15) is 5.11 Å². The van der Waals surface area contributed by atoms with E-state index >= 15 is 0 Å². The van der Waals surface area contributed by atoms with E-state index < -0.39 is 52.2 Å². The predicted molar refractivity (Wildman–Crippen MR) is 100 cm³/mol. The third-order valence-corrected chi connectivity index (χ3v) is 7.13. The Morgan fingerprint density at radius 2 is 1.32 bits per heavy atom. The van der Waals surface area contributed by atoms with Crippen LogP contribution in [-0.2, 0) is 30.1 Å². The molecule has 0 radical (unpaired) electrons. The zero-order valence-corrected chi connectivity index (χ0v) is 22.9. The SMILES string of the molecule is Nc1ccc(S(=O)(=O)[O-])c(N)c1N=Nc1ccc(S(=O)(=O)CCS(=O)(=O)[O-])cc1.[Na+].[Na+]. The maximum absolute atomic E-state index is 12.0. The van der Waals surface area contributed by atoms with Crippen molar-refractivity contribution >= 4 is 52.8 Å². The van der Waals surface area contributed by atoms with Gasteiger partial charge in [-0.05, 0) is 36.4 Å². The number of sulfone groups is 1. The summed E-state index contributed by atoms with van der Waals surface area (Å²) < 4.78 is 89.4. The van der Waals surface area contributed by atoms with Gasteiger partial charge < -0.3 is 20.6 Å². The molecular weight excluding hydrogens is 494 g/mol. The molecular formula is C14H14N4Na2O8S3. The number of rotatable bonds is 7. The molecule has 0 aromatic heterocycles. The Morgan fingerprint density at radius 3 is 1.81 bits per heavy atom. The first-order valence-electron chi connectivity index (χ1n) is 7.53. The van der Waals surface area contributed by atoms with Crippen molar-refractivity contribution in [2.45, 2.75) is 9.79 Å². The quantitative estimate of drug-likeness (QED) is 0.156. The summed E-state index contributed by atoms with van der Waals surface area (Å²) in [5.74, 6) is -1.93. The van der Waals surface area contributed by atoms with E-state index in [9.17, 15) is 34.4 Å². The van der Waals surface area contributed by atoms with Gasteiger partial charge in [0, 0.05) is 0 Å². The van der Waals surface area contributed by atoms with Crippen LogP contribution in [0, 0.1) is 0 Å². The molecule has 2 aromatic rings. The first kappa shape index (κ1) is 30.4. The molecule has 0 spiro atoms. The summed E-state index contributed by atoms with van der Waals surface area (Å²) in [6, 6.07) is 6.74. The van der Waals surface area contributed by atoms with E-state index in [0.717, 1.165) is 24.3 Å². The molecule has 0 heterocycles. The van der Waals surface area contributed by atoms with Crippen molar-refractivity contribution in [2.75, 3.05) is 23.0 Å². The molecule has 31 heavy (non-hydrogen) atoms. The molecule has 0 fully saturated rings. The van der Waals surface area contributed by atoms with Crippen molar-refractivity contribution in [1.29, 1.82) is 0 Å². The molecule has 0 saturated carbocycles. The van der Waals surface area contributed by atoms with E-state index in [-0.39, 0.29) is 81.1 Å². The smallest absolute Gasteiger partial charge is 0.748 e. The Balaban J connectivity index is 0.00000450. The van der Waals surface area contributed by atoms with Crippen LogP contribution in [0.2, 0.25) is 0 Å². The maximum atomic E-state index is 12.0. The summed E-state index contributed by atoms with van der Waals surface area (Å²) >= 11 is 0.